The van der Waals surface area contributed by atoms with E-state index < -0.39 is 4.92 Å². The number of carbonyl (C=O) groups excluding carboxylic acids is 1. The molecule has 2 aromatic rings. The lowest BCUT2D eigenvalue weighted by molar-refractivity contribution is -0.385. The molecule has 0 aromatic heterocycles. The van der Waals surface area contributed by atoms with Gasteiger partial charge in [0, 0.05) is 30.1 Å². The van der Waals surface area contributed by atoms with E-state index in [-0.39, 0.29) is 22.9 Å². The van der Waals surface area contributed by atoms with Crippen molar-refractivity contribution in [3.05, 3.63) is 63.7 Å². The lowest BCUT2D eigenvalue weighted by atomic mass is 10.1. The van der Waals surface area contributed by atoms with Crippen LogP contribution in [0.1, 0.15) is 22.8 Å². The summed E-state index contributed by atoms with van der Waals surface area (Å²) in [5.41, 5.74) is 1.05. The first-order chi connectivity index (χ1) is 12.0. The number of rotatable bonds is 7. The molecule has 132 valence electrons. The van der Waals surface area contributed by atoms with Gasteiger partial charge in [-0.2, -0.15) is 0 Å². The highest BCUT2D eigenvalue weighted by Gasteiger charge is 2.20. The van der Waals surface area contributed by atoms with Gasteiger partial charge in [0.1, 0.15) is 0 Å². The van der Waals surface area contributed by atoms with Gasteiger partial charge in [0.25, 0.3) is 5.91 Å². The molecule has 0 aliphatic heterocycles. The number of nitro groups is 1. The number of nitro benzene ring substituents is 1. The van der Waals surface area contributed by atoms with Crippen molar-refractivity contribution in [1.29, 1.82) is 0 Å². The zero-order valence-corrected chi connectivity index (χ0v) is 15.2. The number of ether oxygens (including phenoxy) is 1. The van der Waals surface area contributed by atoms with Crippen LogP contribution in [0, 0.1) is 10.1 Å². The molecule has 0 radical (unpaired) electrons. The van der Waals surface area contributed by atoms with Crippen LogP contribution >= 0.6 is 11.8 Å². The number of thioether (sulfide) groups is 1. The van der Waals surface area contributed by atoms with Crippen molar-refractivity contribution in [3.8, 4) is 5.75 Å². The molecule has 0 saturated carbocycles. The summed E-state index contributed by atoms with van der Waals surface area (Å²) in [5.74, 6) is -0.112. The highest BCUT2D eigenvalue weighted by molar-refractivity contribution is 7.98. The normalized spacial score (nSPS) is 10.4. The number of amides is 1. The Morgan fingerprint density at radius 2 is 1.92 bits per heavy atom. The van der Waals surface area contributed by atoms with Gasteiger partial charge < -0.3 is 9.64 Å². The molecule has 7 heteroatoms. The average molecular weight is 360 g/mol. The van der Waals surface area contributed by atoms with Crippen LogP contribution in [0.15, 0.2) is 47.4 Å². The van der Waals surface area contributed by atoms with Crippen molar-refractivity contribution >= 4 is 23.4 Å². The molecule has 0 saturated heterocycles. The predicted molar refractivity (Wildman–Crippen MR) is 98.3 cm³/mol. The molecule has 0 fully saturated rings. The van der Waals surface area contributed by atoms with E-state index in [0.29, 0.717) is 13.2 Å². The molecule has 0 heterocycles. The number of carbonyl (C=O) groups is 1. The zero-order chi connectivity index (χ0) is 18.4. The first kappa shape index (κ1) is 18.8. The van der Waals surface area contributed by atoms with Crippen LogP contribution in [0.2, 0.25) is 0 Å². The molecule has 0 atom stereocenters. The third-order valence-electron chi connectivity index (χ3n) is 3.63. The Kier molecular flexibility index (Phi) is 6.41. The topological polar surface area (TPSA) is 72.7 Å². The molecular weight excluding hydrogens is 340 g/mol. The van der Waals surface area contributed by atoms with Crippen molar-refractivity contribution in [2.45, 2.75) is 18.4 Å². The molecule has 25 heavy (non-hydrogen) atoms. The first-order valence-electron chi connectivity index (χ1n) is 7.76. The van der Waals surface area contributed by atoms with Crippen molar-refractivity contribution in [2.75, 3.05) is 19.9 Å². The Morgan fingerprint density at radius 3 is 2.48 bits per heavy atom. The molecule has 6 nitrogen and oxygen atoms in total. The van der Waals surface area contributed by atoms with Gasteiger partial charge >= 0.3 is 5.69 Å². The second-order valence-corrected chi connectivity index (χ2v) is 6.26. The summed E-state index contributed by atoms with van der Waals surface area (Å²) < 4.78 is 5.24. The second kappa shape index (κ2) is 8.53. The van der Waals surface area contributed by atoms with Crippen molar-refractivity contribution in [3.63, 3.8) is 0 Å². The van der Waals surface area contributed by atoms with Crippen molar-refractivity contribution < 1.29 is 14.5 Å². The van der Waals surface area contributed by atoms with Crippen LogP contribution in [0.5, 0.6) is 5.75 Å². The van der Waals surface area contributed by atoms with E-state index in [9.17, 15) is 14.9 Å². The van der Waals surface area contributed by atoms with E-state index in [4.69, 9.17) is 4.74 Å². The Balaban J connectivity index is 2.17. The summed E-state index contributed by atoms with van der Waals surface area (Å²) in [6.07, 6.45) is 2.00. The number of hydrogen-bond acceptors (Lipinski definition) is 5. The van der Waals surface area contributed by atoms with Crippen LogP contribution in [-0.2, 0) is 6.54 Å². The van der Waals surface area contributed by atoms with Crippen molar-refractivity contribution in [1.82, 2.24) is 4.90 Å². The monoisotopic (exact) mass is 360 g/mol. The molecule has 2 rings (SSSR count). The minimum atomic E-state index is -0.539. The lowest BCUT2D eigenvalue weighted by Gasteiger charge is -2.18. The van der Waals surface area contributed by atoms with Gasteiger partial charge in [-0.1, -0.05) is 12.1 Å². The summed E-state index contributed by atoms with van der Waals surface area (Å²) in [5, 5.41) is 11.2. The highest BCUT2D eigenvalue weighted by atomic mass is 32.2. The van der Waals surface area contributed by atoms with Crippen LogP contribution in [-0.4, -0.2) is 35.6 Å². The van der Waals surface area contributed by atoms with Crippen molar-refractivity contribution in [2.24, 2.45) is 0 Å². The van der Waals surface area contributed by atoms with Crippen LogP contribution in [0.3, 0.4) is 0 Å². The largest absolute Gasteiger partial charge is 0.487 e. The minimum absolute atomic E-state index is 0.166. The number of hydrogen-bond donors (Lipinski definition) is 0. The van der Waals surface area contributed by atoms with Gasteiger partial charge in [0.2, 0.25) is 0 Å². The van der Waals surface area contributed by atoms with Gasteiger partial charge in [0.15, 0.2) is 5.75 Å². The average Bonchev–Trinajstić information content (AvgIpc) is 2.62. The zero-order valence-electron chi connectivity index (χ0n) is 14.4. The van der Waals surface area contributed by atoms with E-state index >= 15 is 0 Å². The maximum Gasteiger partial charge on any atom is 0.311 e. The van der Waals surface area contributed by atoms with E-state index in [2.05, 4.69) is 0 Å². The molecule has 0 unspecified atom stereocenters. The second-order valence-electron chi connectivity index (χ2n) is 5.38. The molecule has 0 aliphatic carbocycles. The third-order valence-corrected chi connectivity index (χ3v) is 4.37. The molecule has 2 aromatic carbocycles. The molecule has 0 aliphatic rings. The summed E-state index contributed by atoms with van der Waals surface area (Å²) >= 11 is 1.65. The summed E-state index contributed by atoms with van der Waals surface area (Å²) in [6.45, 7) is 2.49. The highest BCUT2D eigenvalue weighted by Crippen LogP contribution is 2.28. The van der Waals surface area contributed by atoms with E-state index in [1.54, 1.807) is 31.8 Å². The molecular formula is C18H20N2O4S. The minimum Gasteiger partial charge on any atom is -0.487 e. The van der Waals surface area contributed by atoms with E-state index in [1.165, 1.54) is 17.0 Å². The Hall–Kier alpha value is -2.54. The summed E-state index contributed by atoms with van der Waals surface area (Å²) in [7, 11) is 1.67. The van der Waals surface area contributed by atoms with Gasteiger partial charge in [-0.15, -0.1) is 11.8 Å². The first-order valence-corrected chi connectivity index (χ1v) is 8.98. The maximum atomic E-state index is 12.6. The van der Waals surface area contributed by atoms with Crippen LogP contribution in [0.25, 0.3) is 0 Å². The Labute approximate surface area is 150 Å². The quantitative estimate of drug-likeness (QED) is 0.424. The SMILES string of the molecule is CCOc1ccc(C(=O)N(C)Cc2ccc(SC)cc2)cc1[N+](=O)[O-]. The van der Waals surface area contributed by atoms with E-state index in [1.807, 2.05) is 30.5 Å². The standard InChI is InChI=1S/C18H20N2O4S/c1-4-24-17-10-7-14(11-16(17)20(22)23)18(21)19(2)12-13-5-8-15(25-3)9-6-13/h5-11H,4,12H2,1-3H3. The third kappa shape index (κ3) is 4.73. The molecule has 0 spiro atoms. The fraction of sp³-hybridized carbons (Fsp3) is 0.278. The van der Waals surface area contributed by atoms with Gasteiger partial charge in [-0.3, -0.25) is 14.9 Å². The fourth-order valence-corrected chi connectivity index (χ4v) is 2.78. The van der Waals surface area contributed by atoms with E-state index in [0.717, 1.165) is 10.5 Å². The van der Waals surface area contributed by atoms with Crippen LogP contribution in [0.4, 0.5) is 5.69 Å². The maximum absolute atomic E-state index is 12.6. The molecule has 1 amide bonds. The van der Waals surface area contributed by atoms with Gasteiger partial charge in [-0.05, 0) is 43.0 Å². The van der Waals surface area contributed by atoms with Gasteiger partial charge in [-0.25, -0.2) is 0 Å². The lowest BCUT2D eigenvalue weighted by Crippen LogP contribution is -2.26. The smallest absolute Gasteiger partial charge is 0.311 e. The molecule has 0 N–H and O–H groups in total. The van der Waals surface area contributed by atoms with Gasteiger partial charge in [0.05, 0.1) is 11.5 Å². The van der Waals surface area contributed by atoms with Crippen LogP contribution < -0.4 is 4.74 Å². The Morgan fingerprint density at radius 1 is 1.24 bits per heavy atom. The summed E-state index contributed by atoms with van der Waals surface area (Å²) in [4.78, 5) is 25.9. The predicted octanol–water partition coefficient (Wildman–Crippen LogP) is 3.99. The number of benzene rings is 2. The molecule has 0 bridgehead atoms. The summed E-state index contributed by atoms with van der Waals surface area (Å²) in [6, 6.07) is 12.2. The Bertz CT molecular complexity index is 762. The fourth-order valence-electron chi connectivity index (χ4n) is 2.37. The number of nitrogens with zero attached hydrogens (tertiary/aromatic N) is 2.